The average molecular weight is 464 g/mol. The van der Waals surface area contributed by atoms with Gasteiger partial charge in [-0.2, -0.15) is 0 Å². The predicted molar refractivity (Wildman–Crippen MR) is 145 cm³/mol. The van der Waals surface area contributed by atoms with Crippen LogP contribution in [-0.2, 0) is 9.63 Å². The second kappa shape index (κ2) is 27.2. The standard InChI is InChI=1S/C30H57NO2/c1-4-5-6-7-8-9-10-11-12-13-14-15-16-17-18-19-20-21-22-23-24-25-26-27-28-29-30(32)31(2)33-3/h18-19,21-22H,4-17,20,23-29H2,1-3H3/b19-18-,22-21-. The Hall–Kier alpha value is -1.09. The van der Waals surface area contributed by atoms with Gasteiger partial charge in [-0.3, -0.25) is 9.63 Å². The van der Waals surface area contributed by atoms with Crippen LogP contribution < -0.4 is 0 Å². The molecule has 3 nitrogen and oxygen atoms in total. The second-order valence-electron chi connectivity index (χ2n) is 9.59. The molecule has 0 aliphatic rings. The maximum absolute atomic E-state index is 11.6. The van der Waals surface area contributed by atoms with Gasteiger partial charge < -0.3 is 0 Å². The molecule has 194 valence electrons. The summed E-state index contributed by atoms with van der Waals surface area (Å²) in [4.78, 5) is 16.5. The van der Waals surface area contributed by atoms with Crippen molar-refractivity contribution in [1.82, 2.24) is 5.06 Å². The zero-order chi connectivity index (χ0) is 24.2. The number of hydroxylamine groups is 2. The van der Waals surface area contributed by atoms with Gasteiger partial charge in [0, 0.05) is 13.5 Å². The quantitative estimate of drug-likeness (QED) is 0.0765. The van der Waals surface area contributed by atoms with E-state index < -0.39 is 0 Å². The fourth-order valence-electron chi connectivity index (χ4n) is 4.11. The van der Waals surface area contributed by atoms with Crippen LogP contribution in [-0.4, -0.2) is 25.1 Å². The maximum Gasteiger partial charge on any atom is 0.245 e. The van der Waals surface area contributed by atoms with Gasteiger partial charge in [-0.1, -0.05) is 128 Å². The number of allylic oxidation sites excluding steroid dienone is 4. The van der Waals surface area contributed by atoms with Crippen molar-refractivity contribution in [2.45, 2.75) is 148 Å². The summed E-state index contributed by atoms with van der Waals surface area (Å²) in [6.45, 7) is 2.29. The highest BCUT2D eigenvalue weighted by Gasteiger charge is 2.06. The minimum Gasteiger partial charge on any atom is -0.275 e. The van der Waals surface area contributed by atoms with Crippen LogP contribution in [0.5, 0.6) is 0 Å². The van der Waals surface area contributed by atoms with E-state index in [0.717, 1.165) is 19.3 Å². The largest absolute Gasteiger partial charge is 0.275 e. The van der Waals surface area contributed by atoms with Crippen molar-refractivity contribution in [3.05, 3.63) is 24.3 Å². The second-order valence-corrected chi connectivity index (χ2v) is 9.59. The Labute approximate surface area is 207 Å². The van der Waals surface area contributed by atoms with Crippen molar-refractivity contribution < 1.29 is 9.63 Å². The van der Waals surface area contributed by atoms with Crippen LogP contribution in [0.3, 0.4) is 0 Å². The Balaban J connectivity index is 3.23. The maximum atomic E-state index is 11.6. The van der Waals surface area contributed by atoms with E-state index in [1.54, 1.807) is 7.05 Å². The SMILES string of the molecule is CCCCCCCCCCCCCCC/C=C\C/C=C\CCCCCCCC(=O)N(C)OC. The van der Waals surface area contributed by atoms with Gasteiger partial charge in [0.2, 0.25) is 5.91 Å². The minimum absolute atomic E-state index is 0.0718. The lowest BCUT2D eigenvalue weighted by molar-refractivity contribution is -0.168. The van der Waals surface area contributed by atoms with E-state index >= 15 is 0 Å². The summed E-state index contributed by atoms with van der Waals surface area (Å²) in [5.74, 6) is 0.0718. The number of carbonyl (C=O) groups excluding carboxylic acids is 1. The van der Waals surface area contributed by atoms with Crippen LogP contribution >= 0.6 is 0 Å². The number of unbranched alkanes of at least 4 members (excludes halogenated alkanes) is 18. The first-order chi connectivity index (χ1) is 16.2. The summed E-state index contributed by atoms with van der Waals surface area (Å²) in [5.41, 5.74) is 0. The third-order valence-electron chi connectivity index (χ3n) is 6.47. The van der Waals surface area contributed by atoms with Crippen molar-refractivity contribution in [1.29, 1.82) is 0 Å². The summed E-state index contributed by atoms with van der Waals surface area (Å²) in [7, 11) is 3.20. The first kappa shape index (κ1) is 31.9. The first-order valence-corrected chi connectivity index (χ1v) is 14.3. The smallest absolute Gasteiger partial charge is 0.245 e. The lowest BCUT2D eigenvalue weighted by Gasteiger charge is -2.12. The minimum atomic E-state index is 0.0718. The topological polar surface area (TPSA) is 29.5 Å². The number of hydrogen-bond acceptors (Lipinski definition) is 2. The summed E-state index contributed by atoms with van der Waals surface area (Å²) in [6, 6.07) is 0. The molecule has 1 amide bonds. The highest BCUT2D eigenvalue weighted by Crippen LogP contribution is 2.13. The van der Waals surface area contributed by atoms with Crippen LogP contribution in [0.25, 0.3) is 0 Å². The van der Waals surface area contributed by atoms with Gasteiger partial charge in [0.05, 0.1) is 7.11 Å². The van der Waals surface area contributed by atoms with Crippen LogP contribution in [0, 0.1) is 0 Å². The van der Waals surface area contributed by atoms with Crippen molar-refractivity contribution in [3.8, 4) is 0 Å². The van der Waals surface area contributed by atoms with Crippen LogP contribution in [0.4, 0.5) is 0 Å². The Morgan fingerprint density at radius 2 is 1.00 bits per heavy atom. The highest BCUT2D eigenvalue weighted by atomic mass is 16.7. The average Bonchev–Trinajstić information content (AvgIpc) is 2.83. The Morgan fingerprint density at radius 3 is 1.42 bits per heavy atom. The molecule has 0 aromatic rings. The molecule has 0 aliphatic heterocycles. The summed E-state index contributed by atoms with van der Waals surface area (Å²) >= 11 is 0. The zero-order valence-corrected chi connectivity index (χ0v) is 22.6. The summed E-state index contributed by atoms with van der Waals surface area (Å²) in [6.07, 6.45) is 37.8. The molecule has 0 aromatic carbocycles. The predicted octanol–water partition coefficient (Wildman–Crippen LogP) is 9.72. The summed E-state index contributed by atoms with van der Waals surface area (Å²) < 4.78 is 0. The van der Waals surface area contributed by atoms with E-state index in [9.17, 15) is 4.79 Å². The van der Waals surface area contributed by atoms with Crippen LogP contribution in [0.1, 0.15) is 148 Å². The van der Waals surface area contributed by atoms with Gasteiger partial charge in [-0.15, -0.1) is 0 Å². The van der Waals surface area contributed by atoms with E-state index in [0.29, 0.717) is 6.42 Å². The molecule has 0 aliphatic carbocycles. The van der Waals surface area contributed by atoms with E-state index in [1.807, 2.05) is 0 Å². The highest BCUT2D eigenvalue weighted by molar-refractivity contribution is 5.74. The van der Waals surface area contributed by atoms with Gasteiger partial charge in [0.25, 0.3) is 0 Å². The van der Waals surface area contributed by atoms with Crippen molar-refractivity contribution in [3.63, 3.8) is 0 Å². The van der Waals surface area contributed by atoms with Crippen molar-refractivity contribution in [2.75, 3.05) is 14.2 Å². The van der Waals surface area contributed by atoms with E-state index in [4.69, 9.17) is 4.84 Å². The molecule has 3 heteroatoms. The Morgan fingerprint density at radius 1 is 0.606 bits per heavy atom. The van der Waals surface area contributed by atoms with Gasteiger partial charge >= 0.3 is 0 Å². The molecule has 0 N–H and O–H groups in total. The molecule has 0 saturated heterocycles. The molecular formula is C30H57NO2. The molecule has 0 fully saturated rings. The van der Waals surface area contributed by atoms with Gasteiger partial charge in [-0.25, -0.2) is 5.06 Å². The molecule has 0 spiro atoms. The Kier molecular flexibility index (Phi) is 26.3. The van der Waals surface area contributed by atoms with Crippen molar-refractivity contribution in [2.24, 2.45) is 0 Å². The molecular weight excluding hydrogens is 406 g/mol. The van der Waals surface area contributed by atoms with Crippen LogP contribution in [0.15, 0.2) is 24.3 Å². The molecule has 0 radical (unpaired) electrons. The fourth-order valence-corrected chi connectivity index (χ4v) is 4.11. The third kappa shape index (κ3) is 25.4. The van der Waals surface area contributed by atoms with Crippen LogP contribution in [0.2, 0.25) is 0 Å². The molecule has 0 rings (SSSR count). The number of nitrogens with zero attached hydrogens (tertiary/aromatic N) is 1. The van der Waals surface area contributed by atoms with E-state index in [2.05, 4.69) is 31.2 Å². The monoisotopic (exact) mass is 463 g/mol. The van der Waals surface area contributed by atoms with Crippen molar-refractivity contribution >= 4 is 5.91 Å². The van der Waals surface area contributed by atoms with Gasteiger partial charge in [0.1, 0.15) is 0 Å². The lowest BCUT2D eigenvalue weighted by Crippen LogP contribution is -2.24. The summed E-state index contributed by atoms with van der Waals surface area (Å²) in [5, 5.41) is 1.32. The lowest BCUT2D eigenvalue weighted by atomic mass is 10.0. The molecule has 33 heavy (non-hydrogen) atoms. The number of rotatable bonds is 25. The fraction of sp³-hybridized carbons (Fsp3) is 0.833. The first-order valence-electron chi connectivity index (χ1n) is 14.3. The third-order valence-corrected chi connectivity index (χ3v) is 6.47. The molecule has 0 unspecified atom stereocenters. The normalized spacial score (nSPS) is 11.7. The van der Waals surface area contributed by atoms with Gasteiger partial charge in [0.15, 0.2) is 0 Å². The molecule has 0 aromatic heterocycles. The number of amides is 1. The molecule has 0 heterocycles. The molecule has 0 saturated carbocycles. The Bertz CT molecular complexity index is 458. The van der Waals surface area contributed by atoms with E-state index in [1.165, 1.54) is 128 Å². The number of hydrogen-bond donors (Lipinski definition) is 0. The van der Waals surface area contributed by atoms with E-state index in [-0.39, 0.29) is 5.91 Å². The zero-order valence-electron chi connectivity index (χ0n) is 22.6. The number of carbonyl (C=O) groups is 1. The molecule has 0 bridgehead atoms. The van der Waals surface area contributed by atoms with Gasteiger partial charge in [-0.05, 0) is 38.5 Å². The molecule has 0 atom stereocenters.